The summed E-state index contributed by atoms with van der Waals surface area (Å²) < 4.78 is 26.4. The van der Waals surface area contributed by atoms with E-state index in [-0.39, 0.29) is 63.1 Å². The fourth-order valence-corrected chi connectivity index (χ4v) is 4.29. The summed E-state index contributed by atoms with van der Waals surface area (Å²) in [6.45, 7) is 0.767. The van der Waals surface area contributed by atoms with E-state index in [1.54, 1.807) is 0 Å². The average Bonchev–Trinajstić information content (AvgIpc) is 2.98. The molecule has 19 heteroatoms. The molecule has 0 spiro atoms. The van der Waals surface area contributed by atoms with Crippen molar-refractivity contribution < 1.29 is 83.1 Å². The van der Waals surface area contributed by atoms with Crippen molar-refractivity contribution in [3.8, 4) is 5.75 Å². The summed E-state index contributed by atoms with van der Waals surface area (Å²) in [6, 6.07) is 2.31. The molecule has 0 bridgehead atoms. The number of hydrogen-bond acceptors (Lipinski definition) is 15. The van der Waals surface area contributed by atoms with Crippen molar-refractivity contribution in [1.82, 2.24) is 4.90 Å². The quantitative estimate of drug-likeness (QED) is 0.0439. The van der Waals surface area contributed by atoms with Gasteiger partial charge in [-0.05, 0) is 17.7 Å². The number of amides is 1. The van der Waals surface area contributed by atoms with Crippen LogP contribution in [0.4, 0.5) is 0 Å². The zero-order valence-corrected chi connectivity index (χ0v) is 24.8. The highest BCUT2D eigenvalue weighted by Crippen LogP contribution is 2.30. The summed E-state index contributed by atoms with van der Waals surface area (Å²) in [5, 5.41) is 59.0. The largest absolute Gasteiger partial charge is 0.481 e. The first-order valence-electron chi connectivity index (χ1n) is 13.8. The Labute approximate surface area is 261 Å². The van der Waals surface area contributed by atoms with Gasteiger partial charge in [-0.25, -0.2) is 10.7 Å². The second-order valence-corrected chi connectivity index (χ2v) is 9.91. The predicted molar refractivity (Wildman–Crippen MR) is 148 cm³/mol. The SMILES string of the molecule is CC(=O)OCc1ccc(O[C@@H]2O[C@H](C(=O)O)[C@@H](O)[C@H](O)[C@H]2O)c(C(=O)N(CCOCCOCCON)C(CC(=O)O)CC(=O)O)c1. The van der Waals surface area contributed by atoms with E-state index in [1.807, 2.05) is 0 Å². The molecule has 1 amide bonds. The third kappa shape index (κ3) is 11.8. The molecule has 0 unspecified atom stereocenters. The molecular weight excluding hydrogens is 624 g/mol. The number of nitrogens with two attached hydrogens (primary N) is 1. The Hall–Kier alpha value is -3.95. The molecule has 0 aromatic heterocycles. The van der Waals surface area contributed by atoms with Crippen LogP contribution >= 0.6 is 0 Å². The molecule has 1 aromatic carbocycles. The van der Waals surface area contributed by atoms with E-state index >= 15 is 0 Å². The lowest BCUT2D eigenvalue weighted by atomic mass is 9.99. The number of hydrogen-bond donors (Lipinski definition) is 7. The summed E-state index contributed by atoms with van der Waals surface area (Å²) in [5.41, 5.74) is -0.128. The van der Waals surface area contributed by atoms with Crippen molar-refractivity contribution in [3.63, 3.8) is 0 Å². The lowest BCUT2D eigenvalue weighted by Crippen LogP contribution is -2.61. The van der Waals surface area contributed by atoms with Crippen molar-refractivity contribution in [3.05, 3.63) is 29.3 Å². The zero-order chi connectivity index (χ0) is 34.4. The van der Waals surface area contributed by atoms with Crippen LogP contribution in [-0.2, 0) is 49.6 Å². The van der Waals surface area contributed by atoms with Crippen molar-refractivity contribution in [1.29, 1.82) is 0 Å². The Kier molecular flexibility index (Phi) is 15.7. The summed E-state index contributed by atoms with van der Waals surface area (Å²) in [5.74, 6) is -1.60. The van der Waals surface area contributed by atoms with Gasteiger partial charge in [-0.3, -0.25) is 19.2 Å². The van der Waals surface area contributed by atoms with Crippen molar-refractivity contribution in [2.75, 3.05) is 39.6 Å². The second kappa shape index (κ2) is 18.9. The summed E-state index contributed by atoms with van der Waals surface area (Å²) >= 11 is 0. The van der Waals surface area contributed by atoms with Crippen LogP contribution in [0.1, 0.15) is 35.7 Å². The van der Waals surface area contributed by atoms with Crippen LogP contribution < -0.4 is 10.6 Å². The third-order valence-electron chi connectivity index (χ3n) is 6.49. The van der Waals surface area contributed by atoms with E-state index in [4.69, 9.17) is 29.6 Å². The lowest BCUT2D eigenvalue weighted by Gasteiger charge is -2.38. The molecule has 1 heterocycles. The van der Waals surface area contributed by atoms with Crippen LogP contribution in [0.5, 0.6) is 5.75 Å². The molecule has 1 aromatic rings. The average molecular weight is 663 g/mol. The zero-order valence-electron chi connectivity index (χ0n) is 24.8. The summed E-state index contributed by atoms with van der Waals surface area (Å²) in [6.07, 6.45) is -11.6. The van der Waals surface area contributed by atoms with E-state index in [9.17, 15) is 54.6 Å². The third-order valence-corrected chi connectivity index (χ3v) is 6.49. The highest BCUT2D eigenvalue weighted by atomic mass is 16.7. The maximum Gasteiger partial charge on any atom is 0.335 e. The van der Waals surface area contributed by atoms with Gasteiger partial charge in [-0.1, -0.05) is 6.07 Å². The normalized spacial score (nSPS) is 21.0. The number of aliphatic carboxylic acids is 3. The van der Waals surface area contributed by atoms with Crippen LogP contribution in [0.25, 0.3) is 0 Å². The molecule has 0 aliphatic carbocycles. The van der Waals surface area contributed by atoms with Gasteiger partial charge in [0.15, 0.2) is 6.10 Å². The number of benzene rings is 1. The van der Waals surface area contributed by atoms with Crippen LogP contribution in [0.2, 0.25) is 0 Å². The van der Waals surface area contributed by atoms with Gasteiger partial charge >= 0.3 is 23.9 Å². The van der Waals surface area contributed by atoms with Crippen LogP contribution in [0, 0.1) is 0 Å². The van der Waals surface area contributed by atoms with Crippen LogP contribution in [0.3, 0.4) is 0 Å². The van der Waals surface area contributed by atoms with Gasteiger partial charge in [-0.2, -0.15) is 0 Å². The predicted octanol–water partition coefficient (Wildman–Crippen LogP) is -2.30. The number of carboxylic acid groups (broad SMARTS) is 3. The number of aliphatic hydroxyl groups is 3. The summed E-state index contributed by atoms with van der Waals surface area (Å²) in [7, 11) is 0. The van der Waals surface area contributed by atoms with E-state index in [0.29, 0.717) is 0 Å². The maximum atomic E-state index is 14.1. The number of carboxylic acids is 3. The number of aliphatic hydroxyl groups excluding tert-OH is 3. The molecule has 258 valence electrons. The van der Waals surface area contributed by atoms with Crippen LogP contribution in [0.15, 0.2) is 18.2 Å². The lowest BCUT2D eigenvalue weighted by molar-refractivity contribution is -0.271. The number of nitrogens with zero attached hydrogens (tertiary/aromatic N) is 1. The van der Waals surface area contributed by atoms with E-state index in [0.717, 1.165) is 11.8 Å². The van der Waals surface area contributed by atoms with Crippen molar-refractivity contribution in [2.45, 2.75) is 63.1 Å². The number of carbonyl (C=O) groups excluding carboxylic acids is 2. The van der Waals surface area contributed by atoms with Gasteiger partial charge in [-0.15, -0.1) is 0 Å². The van der Waals surface area contributed by atoms with Gasteiger partial charge in [0.05, 0.1) is 57.5 Å². The molecule has 1 aliphatic rings. The number of ether oxygens (including phenoxy) is 5. The molecule has 46 heavy (non-hydrogen) atoms. The number of esters is 1. The Bertz CT molecular complexity index is 1180. The van der Waals surface area contributed by atoms with Gasteiger partial charge in [0.1, 0.15) is 30.7 Å². The first kappa shape index (κ1) is 38.2. The number of rotatable bonds is 20. The molecule has 5 atom stereocenters. The molecule has 8 N–H and O–H groups in total. The van der Waals surface area contributed by atoms with E-state index < -0.39 is 79.4 Å². The molecule has 1 aliphatic heterocycles. The van der Waals surface area contributed by atoms with Gasteiger partial charge in [0, 0.05) is 13.5 Å². The first-order chi connectivity index (χ1) is 21.8. The van der Waals surface area contributed by atoms with Gasteiger partial charge < -0.3 is 64.1 Å². The molecule has 1 saturated heterocycles. The highest BCUT2D eigenvalue weighted by molar-refractivity contribution is 5.98. The highest BCUT2D eigenvalue weighted by Gasteiger charge is 2.48. The van der Waals surface area contributed by atoms with E-state index in [1.165, 1.54) is 18.2 Å². The molecule has 1 fully saturated rings. The Morgan fingerprint density at radius 2 is 1.50 bits per heavy atom. The second-order valence-electron chi connectivity index (χ2n) is 9.91. The fraction of sp³-hybridized carbons (Fsp3) is 0.593. The van der Waals surface area contributed by atoms with Crippen molar-refractivity contribution >= 4 is 29.8 Å². The Balaban J connectivity index is 2.47. The molecule has 19 nitrogen and oxygen atoms in total. The smallest absolute Gasteiger partial charge is 0.335 e. The minimum absolute atomic E-state index is 0.0389. The first-order valence-corrected chi connectivity index (χ1v) is 13.8. The molecule has 2 rings (SSSR count). The minimum atomic E-state index is -2.03. The monoisotopic (exact) mass is 662 g/mol. The van der Waals surface area contributed by atoms with Gasteiger partial charge in [0.2, 0.25) is 6.29 Å². The van der Waals surface area contributed by atoms with Crippen molar-refractivity contribution in [2.24, 2.45) is 5.90 Å². The fourth-order valence-electron chi connectivity index (χ4n) is 4.29. The number of carbonyl (C=O) groups is 5. The minimum Gasteiger partial charge on any atom is -0.481 e. The van der Waals surface area contributed by atoms with Crippen LogP contribution in [-0.4, -0.2) is 142 Å². The topological polar surface area (TPSA) is 291 Å². The standard InChI is InChI=1S/C27H38N2O17/c1-14(30)43-13-15-2-3-18(45-27-23(37)21(35)22(36)24(46-27)26(39)40)17(10-15)25(38)29(16(11-19(31)32)12-20(33)34)4-5-41-6-7-42-8-9-44-28/h2-3,10,16,21-24,27,35-37H,4-9,11-13,28H2,1H3,(H,31,32)(H,33,34)(H,39,40)/t21-,22-,23+,24-,27+/m0/s1. The maximum absolute atomic E-state index is 14.1. The summed E-state index contributed by atoms with van der Waals surface area (Å²) in [4.78, 5) is 65.6. The molecule has 0 radical (unpaired) electrons. The van der Waals surface area contributed by atoms with Gasteiger partial charge in [0.25, 0.3) is 5.91 Å². The Morgan fingerprint density at radius 1 is 0.891 bits per heavy atom. The Morgan fingerprint density at radius 3 is 2.07 bits per heavy atom. The van der Waals surface area contributed by atoms with E-state index in [2.05, 4.69) is 4.84 Å². The molecule has 0 saturated carbocycles. The molecular formula is C27H38N2O17.